The second-order valence-electron chi connectivity index (χ2n) is 5.44. The molecule has 1 unspecified atom stereocenters. The molecule has 110 valence electrons. The molecule has 0 aliphatic carbocycles. The maximum atomic E-state index is 4.54. The lowest BCUT2D eigenvalue weighted by molar-refractivity contribution is 0.524. The van der Waals surface area contributed by atoms with Crippen LogP contribution in [0.5, 0.6) is 0 Å². The van der Waals surface area contributed by atoms with Crippen molar-refractivity contribution < 1.29 is 0 Å². The topological polar surface area (TPSA) is 47.7 Å². The van der Waals surface area contributed by atoms with Crippen molar-refractivity contribution in [3.8, 4) is 0 Å². The third-order valence-corrected chi connectivity index (χ3v) is 3.75. The van der Waals surface area contributed by atoms with E-state index in [-0.39, 0.29) is 0 Å². The molecule has 0 aliphatic rings. The molecule has 5 heteroatoms. The normalized spacial score (nSPS) is 12.8. The van der Waals surface area contributed by atoms with E-state index >= 15 is 0 Å². The number of aromatic nitrogens is 4. The zero-order valence-corrected chi connectivity index (χ0v) is 13.1. The van der Waals surface area contributed by atoms with E-state index in [4.69, 9.17) is 0 Å². The van der Waals surface area contributed by atoms with Crippen LogP contribution in [0.3, 0.4) is 0 Å². The minimum absolute atomic E-state index is 0.299. The highest BCUT2D eigenvalue weighted by molar-refractivity contribution is 5.29. The van der Waals surface area contributed by atoms with Crippen molar-refractivity contribution in [2.45, 2.75) is 39.7 Å². The van der Waals surface area contributed by atoms with Crippen LogP contribution in [0, 0.1) is 13.8 Å². The van der Waals surface area contributed by atoms with Gasteiger partial charge in [0.25, 0.3) is 0 Å². The van der Waals surface area contributed by atoms with Crippen LogP contribution in [0.4, 0.5) is 0 Å². The molecule has 0 saturated carbocycles. The number of hydrogen-bond acceptors (Lipinski definition) is 3. The van der Waals surface area contributed by atoms with Gasteiger partial charge in [-0.15, -0.1) is 0 Å². The van der Waals surface area contributed by atoms with E-state index in [0.29, 0.717) is 6.04 Å². The highest BCUT2D eigenvalue weighted by Gasteiger charge is 2.20. The van der Waals surface area contributed by atoms with Crippen LogP contribution >= 0.6 is 0 Å². The predicted molar refractivity (Wildman–Crippen MR) is 80.6 cm³/mol. The summed E-state index contributed by atoms with van der Waals surface area (Å²) in [5.41, 5.74) is 4.93. The monoisotopic (exact) mass is 275 g/mol. The molecule has 0 amide bonds. The lowest BCUT2D eigenvalue weighted by Gasteiger charge is -2.19. The van der Waals surface area contributed by atoms with Crippen LogP contribution in [-0.4, -0.2) is 26.1 Å². The number of aryl methyl sites for hydroxylation is 3. The van der Waals surface area contributed by atoms with Crippen LogP contribution in [0.25, 0.3) is 0 Å². The van der Waals surface area contributed by atoms with Crippen LogP contribution < -0.4 is 5.32 Å². The molecule has 0 saturated heterocycles. The highest BCUT2D eigenvalue weighted by Crippen LogP contribution is 2.24. The highest BCUT2D eigenvalue weighted by atomic mass is 15.3. The van der Waals surface area contributed by atoms with E-state index in [1.165, 1.54) is 16.8 Å². The van der Waals surface area contributed by atoms with Gasteiger partial charge in [0.15, 0.2) is 0 Å². The summed E-state index contributed by atoms with van der Waals surface area (Å²) in [5, 5.41) is 12.5. The predicted octanol–water partition coefficient (Wildman–Crippen LogP) is 2.05. The lowest BCUT2D eigenvalue weighted by Crippen LogP contribution is -2.25. The molecule has 2 heterocycles. The van der Waals surface area contributed by atoms with Crippen molar-refractivity contribution in [3.05, 3.63) is 34.9 Å². The maximum absolute atomic E-state index is 4.54. The molecule has 2 rings (SSSR count). The first-order valence-corrected chi connectivity index (χ1v) is 7.24. The summed E-state index contributed by atoms with van der Waals surface area (Å²) in [6, 6.07) is 0.299. The van der Waals surface area contributed by atoms with Crippen LogP contribution in [0.15, 0.2) is 12.4 Å². The van der Waals surface area contributed by atoms with Crippen LogP contribution in [0.1, 0.15) is 41.9 Å². The summed E-state index contributed by atoms with van der Waals surface area (Å²) in [6.45, 7) is 7.43. The molecule has 5 nitrogen and oxygen atoms in total. The average Bonchev–Trinajstić information content (AvgIpc) is 2.90. The van der Waals surface area contributed by atoms with Crippen molar-refractivity contribution in [1.82, 2.24) is 24.9 Å². The number of nitrogens with one attached hydrogen (secondary N) is 1. The fourth-order valence-electron chi connectivity index (χ4n) is 2.70. The van der Waals surface area contributed by atoms with Gasteiger partial charge >= 0.3 is 0 Å². The summed E-state index contributed by atoms with van der Waals surface area (Å²) >= 11 is 0. The number of nitrogens with zero attached hydrogens (tertiary/aromatic N) is 4. The zero-order valence-electron chi connectivity index (χ0n) is 13.1. The molecule has 0 radical (unpaired) electrons. The first-order chi connectivity index (χ1) is 9.52. The summed E-state index contributed by atoms with van der Waals surface area (Å²) in [7, 11) is 3.96. The first-order valence-electron chi connectivity index (χ1n) is 7.24. The van der Waals surface area contributed by atoms with E-state index in [1.807, 2.05) is 29.7 Å². The Bertz CT molecular complexity index is 567. The minimum Gasteiger partial charge on any atom is -0.310 e. The summed E-state index contributed by atoms with van der Waals surface area (Å²) in [5.74, 6) is 0. The molecular weight excluding hydrogens is 250 g/mol. The van der Waals surface area contributed by atoms with E-state index in [9.17, 15) is 0 Å². The fourth-order valence-corrected chi connectivity index (χ4v) is 2.70. The van der Waals surface area contributed by atoms with Crippen molar-refractivity contribution in [3.63, 3.8) is 0 Å². The van der Waals surface area contributed by atoms with Gasteiger partial charge in [-0.1, -0.05) is 6.92 Å². The average molecular weight is 275 g/mol. The van der Waals surface area contributed by atoms with Crippen LogP contribution in [-0.2, 0) is 20.5 Å². The third kappa shape index (κ3) is 3.10. The Morgan fingerprint density at radius 1 is 1.30 bits per heavy atom. The van der Waals surface area contributed by atoms with Gasteiger partial charge in [-0.2, -0.15) is 10.2 Å². The van der Waals surface area contributed by atoms with Crippen molar-refractivity contribution >= 4 is 0 Å². The van der Waals surface area contributed by atoms with Gasteiger partial charge < -0.3 is 5.32 Å². The molecule has 20 heavy (non-hydrogen) atoms. The Labute approximate surface area is 121 Å². The van der Waals surface area contributed by atoms with Gasteiger partial charge in [-0.25, -0.2) is 0 Å². The SMILES string of the molecule is CCCNC(Cc1cnn(C)c1)c1c(C)nn(C)c1C. The molecule has 1 N–H and O–H groups in total. The molecule has 0 fully saturated rings. The summed E-state index contributed by atoms with van der Waals surface area (Å²) in [4.78, 5) is 0. The third-order valence-electron chi connectivity index (χ3n) is 3.75. The van der Waals surface area contributed by atoms with Gasteiger partial charge in [0, 0.05) is 37.6 Å². The molecule has 1 atom stereocenters. The van der Waals surface area contributed by atoms with Gasteiger partial charge in [0.05, 0.1) is 11.9 Å². The van der Waals surface area contributed by atoms with E-state index in [0.717, 1.165) is 25.1 Å². The van der Waals surface area contributed by atoms with Crippen molar-refractivity contribution in [1.29, 1.82) is 0 Å². The molecule has 0 aliphatic heterocycles. The van der Waals surface area contributed by atoms with Gasteiger partial charge in [-0.05, 0) is 38.8 Å². The Hall–Kier alpha value is -1.62. The smallest absolute Gasteiger partial charge is 0.0644 e. The largest absolute Gasteiger partial charge is 0.310 e. The molecule has 0 aromatic carbocycles. The van der Waals surface area contributed by atoms with E-state index in [2.05, 4.69) is 42.5 Å². The van der Waals surface area contributed by atoms with E-state index in [1.54, 1.807) is 0 Å². The van der Waals surface area contributed by atoms with E-state index < -0.39 is 0 Å². The van der Waals surface area contributed by atoms with Crippen molar-refractivity contribution in [2.24, 2.45) is 14.1 Å². The minimum atomic E-state index is 0.299. The zero-order chi connectivity index (χ0) is 14.7. The van der Waals surface area contributed by atoms with Gasteiger partial charge in [0.2, 0.25) is 0 Å². The second-order valence-corrected chi connectivity index (χ2v) is 5.44. The van der Waals surface area contributed by atoms with Gasteiger partial charge in [0.1, 0.15) is 0 Å². The molecular formula is C15H25N5. The molecule has 2 aromatic rings. The standard InChI is InChI=1S/C15H25N5/c1-6-7-16-14(8-13-9-17-19(4)10-13)15-11(2)18-20(5)12(15)3/h9-10,14,16H,6-8H2,1-5H3. The Balaban J connectivity index is 2.26. The fraction of sp³-hybridized carbons (Fsp3) is 0.600. The lowest BCUT2D eigenvalue weighted by atomic mass is 9.98. The Kier molecular flexibility index (Phi) is 4.60. The Morgan fingerprint density at radius 3 is 2.55 bits per heavy atom. The van der Waals surface area contributed by atoms with Crippen LogP contribution in [0.2, 0.25) is 0 Å². The second kappa shape index (κ2) is 6.22. The quantitative estimate of drug-likeness (QED) is 0.878. The Morgan fingerprint density at radius 2 is 2.05 bits per heavy atom. The maximum Gasteiger partial charge on any atom is 0.0644 e. The first kappa shape index (κ1) is 14.8. The summed E-state index contributed by atoms with van der Waals surface area (Å²) in [6.07, 6.45) is 6.10. The number of rotatable bonds is 6. The molecule has 0 spiro atoms. The van der Waals surface area contributed by atoms with Gasteiger partial charge in [-0.3, -0.25) is 9.36 Å². The molecule has 0 bridgehead atoms. The number of hydrogen-bond donors (Lipinski definition) is 1. The molecule has 2 aromatic heterocycles. The summed E-state index contributed by atoms with van der Waals surface area (Å²) < 4.78 is 3.82. The van der Waals surface area contributed by atoms with Crippen molar-refractivity contribution in [2.75, 3.05) is 6.54 Å².